The Hall–Kier alpha value is -0.610. The quantitative estimate of drug-likeness (QED) is 0.809. The molecule has 0 fully saturated rings. The Morgan fingerprint density at radius 2 is 2.00 bits per heavy atom. The van der Waals surface area contributed by atoms with Crippen LogP contribution in [0.25, 0.3) is 0 Å². The fourth-order valence-electron chi connectivity index (χ4n) is 1.53. The van der Waals surface area contributed by atoms with Crippen molar-refractivity contribution in [1.29, 1.82) is 0 Å². The highest BCUT2D eigenvalue weighted by Gasteiger charge is 2.27. The fourth-order valence-corrected chi connectivity index (χ4v) is 1.72. The molecule has 16 heavy (non-hydrogen) atoms. The second-order valence-electron chi connectivity index (χ2n) is 3.89. The highest BCUT2D eigenvalue weighted by molar-refractivity contribution is 6.30. The minimum Gasteiger partial charge on any atom is -0.385 e. The van der Waals surface area contributed by atoms with E-state index in [1.807, 2.05) is 6.07 Å². The predicted octanol–water partition coefficient (Wildman–Crippen LogP) is 2.56. The average Bonchev–Trinajstić information content (AvgIpc) is 2.26. The number of hydrogen-bond acceptors (Lipinski definition) is 3. The van der Waals surface area contributed by atoms with E-state index < -0.39 is 11.9 Å². The number of rotatable bonds is 5. The van der Waals surface area contributed by atoms with Gasteiger partial charge in [0.2, 0.25) is 0 Å². The van der Waals surface area contributed by atoms with E-state index in [2.05, 4.69) is 0 Å². The Morgan fingerprint density at radius 1 is 1.38 bits per heavy atom. The third-order valence-corrected chi connectivity index (χ3v) is 2.77. The Balaban J connectivity index is 2.84. The molecule has 1 aromatic carbocycles. The smallest absolute Gasteiger partial charge is 0.159 e. The lowest BCUT2D eigenvalue weighted by atomic mass is 9.92. The molecule has 0 saturated carbocycles. The van der Waals surface area contributed by atoms with Gasteiger partial charge in [-0.1, -0.05) is 23.7 Å². The van der Waals surface area contributed by atoms with Gasteiger partial charge in [0.1, 0.15) is 0 Å². The zero-order valence-electron chi connectivity index (χ0n) is 9.74. The van der Waals surface area contributed by atoms with Crippen LogP contribution in [0, 0.1) is 0 Å². The molecule has 0 spiro atoms. The highest BCUT2D eigenvalue weighted by atomic mass is 35.5. The van der Waals surface area contributed by atoms with Gasteiger partial charge in [0.25, 0.3) is 0 Å². The molecule has 0 aliphatic carbocycles. The van der Waals surface area contributed by atoms with E-state index in [4.69, 9.17) is 21.1 Å². The van der Waals surface area contributed by atoms with E-state index in [9.17, 15) is 5.11 Å². The van der Waals surface area contributed by atoms with Gasteiger partial charge >= 0.3 is 0 Å². The molecule has 0 aliphatic rings. The third-order valence-electron chi connectivity index (χ3n) is 2.54. The van der Waals surface area contributed by atoms with Crippen LogP contribution in [0.4, 0.5) is 0 Å². The summed E-state index contributed by atoms with van der Waals surface area (Å²) in [5.41, 5.74) is -0.277. The van der Waals surface area contributed by atoms with Gasteiger partial charge in [-0.25, -0.2) is 0 Å². The Morgan fingerprint density at radius 3 is 2.50 bits per heavy atom. The fraction of sp³-hybridized carbons (Fsp3) is 0.500. The van der Waals surface area contributed by atoms with E-state index in [1.165, 1.54) is 0 Å². The molecule has 0 amide bonds. The molecule has 0 radical (unpaired) electrons. The number of benzene rings is 1. The molecule has 0 saturated heterocycles. The zero-order valence-corrected chi connectivity index (χ0v) is 10.5. The van der Waals surface area contributed by atoms with Gasteiger partial charge in [-0.3, -0.25) is 0 Å². The van der Waals surface area contributed by atoms with Crippen LogP contribution in [-0.2, 0) is 15.1 Å². The summed E-state index contributed by atoms with van der Waals surface area (Å²) in [7, 11) is 3.09. The molecule has 1 aromatic rings. The van der Waals surface area contributed by atoms with Crippen LogP contribution in [0.2, 0.25) is 5.02 Å². The van der Waals surface area contributed by atoms with Crippen molar-refractivity contribution in [3.8, 4) is 0 Å². The molecule has 1 rings (SSSR count). The van der Waals surface area contributed by atoms with Gasteiger partial charge in [0.05, 0.1) is 5.60 Å². The first kappa shape index (κ1) is 13.5. The van der Waals surface area contributed by atoms with Crippen molar-refractivity contribution in [3.05, 3.63) is 34.9 Å². The second kappa shape index (κ2) is 5.64. The SMILES string of the molecule is COC(CC(C)(O)c1cccc(Cl)c1)OC. The van der Waals surface area contributed by atoms with E-state index in [-0.39, 0.29) is 0 Å². The summed E-state index contributed by atoms with van der Waals surface area (Å²) < 4.78 is 10.1. The van der Waals surface area contributed by atoms with Crippen molar-refractivity contribution in [3.63, 3.8) is 0 Å². The largest absolute Gasteiger partial charge is 0.385 e. The monoisotopic (exact) mass is 244 g/mol. The van der Waals surface area contributed by atoms with Crippen LogP contribution < -0.4 is 0 Å². The first-order chi connectivity index (χ1) is 7.49. The predicted molar refractivity (Wildman–Crippen MR) is 63.4 cm³/mol. The summed E-state index contributed by atoms with van der Waals surface area (Å²) >= 11 is 5.88. The topological polar surface area (TPSA) is 38.7 Å². The number of ether oxygens (including phenoxy) is 2. The van der Waals surface area contributed by atoms with Crippen molar-refractivity contribution in [1.82, 2.24) is 0 Å². The minimum absolute atomic E-state index is 0.348. The second-order valence-corrected chi connectivity index (χ2v) is 4.33. The Bertz CT molecular complexity index is 335. The van der Waals surface area contributed by atoms with Crippen molar-refractivity contribution >= 4 is 11.6 Å². The summed E-state index contributed by atoms with van der Waals surface area (Å²) in [6, 6.07) is 7.14. The van der Waals surface area contributed by atoms with Crippen LogP contribution in [0.15, 0.2) is 24.3 Å². The van der Waals surface area contributed by atoms with Gasteiger partial charge < -0.3 is 14.6 Å². The number of hydrogen-bond donors (Lipinski definition) is 1. The lowest BCUT2D eigenvalue weighted by Crippen LogP contribution is -2.29. The lowest BCUT2D eigenvalue weighted by molar-refractivity contribution is -0.142. The van der Waals surface area contributed by atoms with E-state index in [1.54, 1.807) is 39.3 Å². The van der Waals surface area contributed by atoms with Crippen molar-refractivity contribution in [2.45, 2.75) is 25.2 Å². The standard InChI is InChI=1S/C12H17ClO3/c1-12(14,8-11(15-2)16-3)9-5-4-6-10(13)7-9/h4-7,11,14H,8H2,1-3H3. The van der Waals surface area contributed by atoms with Crippen LogP contribution in [-0.4, -0.2) is 25.6 Å². The lowest BCUT2D eigenvalue weighted by Gasteiger charge is -2.27. The molecule has 4 heteroatoms. The normalized spacial score (nSPS) is 15.1. The van der Waals surface area contributed by atoms with Crippen molar-refractivity contribution in [2.24, 2.45) is 0 Å². The van der Waals surface area contributed by atoms with E-state index >= 15 is 0 Å². The van der Waals surface area contributed by atoms with E-state index in [0.717, 1.165) is 5.56 Å². The summed E-state index contributed by atoms with van der Waals surface area (Å²) in [5, 5.41) is 10.9. The van der Waals surface area contributed by atoms with Crippen molar-refractivity contribution < 1.29 is 14.6 Å². The maximum atomic E-state index is 10.3. The zero-order chi connectivity index (χ0) is 12.2. The number of methoxy groups -OCH3 is 2. The molecule has 1 atom stereocenters. The molecule has 0 aliphatic heterocycles. The molecule has 1 unspecified atom stereocenters. The van der Waals surface area contributed by atoms with Crippen LogP contribution >= 0.6 is 11.6 Å². The maximum absolute atomic E-state index is 10.3. The molecular formula is C12H17ClO3. The molecule has 1 N–H and O–H groups in total. The highest BCUT2D eigenvalue weighted by Crippen LogP contribution is 2.28. The molecular weight excluding hydrogens is 228 g/mol. The van der Waals surface area contributed by atoms with Gasteiger partial charge in [0, 0.05) is 25.7 Å². The van der Waals surface area contributed by atoms with Crippen LogP contribution in [0.5, 0.6) is 0 Å². The van der Waals surface area contributed by atoms with Gasteiger partial charge in [-0.15, -0.1) is 0 Å². The molecule has 0 heterocycles. The van der Waals surface area contributed by atoms with Crippen LogP contribution in [0.1, 0.15) is 18.9 Å². The first-order valence-corrected chi connectivity index (χ1v) is 5.41. The molecule has 90 valence electrons. The van der Waals surface area contributed by atoms with Gasteiger partial charge in [0.15, 0.2) is 6.29 Å². The Kier molecular flexibility index (Phi) is 4.74. The number of aliphatic hydroxyl groups is 1. The molecule has 0 bridgehead atoms. The number of halogens is 1. The minimum atomic E-state index is -1.03. The van der Waals surface area contributed by atoms with Crippen molar-refractivity contribution in [2.75, 3.05) is 14.2 Å². The van der Waals surface area contributed by atoms with Gasteiger partial charge in [-0.05, 0) is 24.6 Å². The summed E-state index contributed by atoms with van der Waals surface area (Å²) in [6.45, 7) is 1.71. The van der Waals surface area contributed by atoms with Gasteiger partial charge in [-0.2, -0.15) is 0 Å². The van der Waals surface area contributed by atoms with E-state index in [0.29, 0.717) is 11.4 Å². The third kappa shape index (κ3) is 3.46. The molecule has 3 nitrogen and oxygen atoms in total. The first-order valence-electron chi connectivity index (χ1n) is 5.03. The average molecular weight is 245 g/mol. The Labute approximate surface area is 101 Å². The summed E-state index contributed by atoms with van der Waals surface area (Å²) in [6.07, 6.45) is -0.0886. The van der Waals surface area contributed by atoms with Crippen LogP contribution in [0.3, 0.4) is 0 Å². The molecule has 0 aromatic heterocycles. The maximum Gasteiger partial charge on any atom is 0.159 e. The summed E-state index contributed by atoms with van der Waals surface area (Å²) in [5.74, 6) is 0. The summed E-state index contributed by atoms with van der Waals surface area (Å²) in [4.78, 5) is 0.